The van der Waals surface area contributed by atoms with Gasteiger partial charge in [0.15, 0.2) is 0 Å². The van der Waals surface area contributed by atoms with E-state index < -0.39 is 57.0 Å². The quantitative estimate of drug-likeness (QED) is 0.0233. The number of alkyl halides is 6. The number of aromatic nitrogens is 6. The molecule has 3 aromatic heterocycles. The third-order valence-corrected chi connectivity index (χ3v) is 18.9. The number of nitro groups is 2. The van der Waals surface area contributed by atoms with E-state index in [-0.39, 0.29) is 39.9 Å². The molecule has 584 valence electrons. The van der Waals surface area contributed by atoms with E-state index in [1.807, 2.05) is 18.2 Å². The number of hydrogen-bond acceptors (Lipinski definition) is 13. The van der Waals surface area contributed by atoms with Crippen LogP contribution >= 0.6 is 46.4 Å². The van der Waals surface area contributed by atoms with Gasteiger partial charge in [-0.3, -0.25) is 49.0 Å². The number of benzene rings is 12. The Hall–Kier alpha value is -14.6. The maximum atomic E-state index is 12.8. The Morgan fingerprint density at radius 3 is 0.769 bits per heavy atom. The van der Waals surface area contributed by atoms with Gasteiger partial charge in [0.05, 0.1) is 74.2 Å². The molecule has 0 spiro atoms. The summed E-state index contributed by atoms with van der Waals surface area (Å²) in [5.74, 6) is -0.844. The van der Waals surface area contributed by atoms with Gasteiger partial charge in [0.25, 0.3) is 46.8 Å². The van der Waals surface area contributed by atoms with Crippen LogP contribution in [0.25, 0.3) is 67.3 Å². The Morgan fingerprint density at radius 2 is 0.521 bits per heavy atom. The molecule has 117 heavy (non-hydrogen) atoms. The molecule has 0 saturated carbocycles. The molecule has 9 N–H and O–H groups in total. The van der Waals surface area contributed by atoms with Gasteiger partial charge < -0.3 is 46.9 Å². The molecule has 0 atom stereocenters. The number of carbonyl (C=O) groups is 6. The zero-order chi connectivity index (χ0) is 83.0. The molecule has 12 aromatic carbocycles. The lowest BCUT2D eigenvalue weighted by atomic mass is 10.1. The summed E-state index contributed by atoms with van der Waals surface area (Å²) in [7, 11) is 0. The van der Waals surface area contributed by atoms with E-state index in [1.165, 1.54) is 60.7 Å². The summed E-state index contributed by atoms with van der Waals surface area (Å²) in [5.41, 5.74) is 8.97. The Morgan fingerprint density at radius 1 is 0.291 bits per heavy atom. The lowest BCUT2D eigenvalue weighted by Gasteiger charge is -2.09. The smallest absolute Gasteiger partial charge is 0.338 e. The summed E-state index contributed by atoms with van der Waals surface area (Å²) < 4.78 is 76.5. The minimum absolute atomic E-state index is 0.0638. The molecule has 0 aliphatic rings. The molecule has 15 rings (SSSR count). The van der Waals surface area contributed by atoms with Crippen molar-refractivity contribution in [2.75, 3.05) is 31.9 Å². The van der Waals surface area contributed by atoms with E-state index in [0.717, 1.165) is 70.7 Å². The van der Waals surface area contributed by atoms with Crippen LogP contribution in [0.1, 0.15) is 73.3 Å². The predicted molar refractivity (Wildman–Crippen MR) is 434 cm³/mol. The summed E-state index contributed by atoms with van der Waals surface area (Å²) in [6.45, 7) is 0. The fourth-order valence-electron chi connectivity index (χ4n) is 11.4. The number of rotatable bonds is 17. The van der Waals surface area contributed by atoms with Crippen LogP contribution in [0.4, 0.5) is 71.8 Å². The molecule has 6 amide bonds. The number of imidazole rings is 3. The van der Waals surface area contributed by atoms with Gasteiger partial charge in [0.2, 0.25) is 0 Å². The standard InChI is InChI=1S/C29H18F6N4O2.C27H16Cl4N4O2.C27H18N6O6/c30-28(31,32)19-7-1-17(2-8-19)26(40)36-21-11-5-16(6-12-21)25-38-23-14-13-22(15-24(23)39-25)37-27(41)18-3-9-20(10-4-18)29(33,34)35;28-19-8-3-15(11-21(19)30)26(36)32-17-5-1-14(2-6-17)25-34-23-10-7-18(13-24(23)35-25)33-27(37)16-4-9-20(29)22(31)12-16;34-26(17-3-10-21(11-4-17)32(36)37)28-19-7-1-16(2-8-19)25-30-23-14-9-20(15-24(23)31-25)29-27(35)18-5-12-22(13-6-18)33(38)39/h1-15H,(H,36,40)(H,37,41)(H,38,39);1-13H,(H,32,36)(H,33,37)(H,34,35);1-15H,(H,28,34)(H,29,35)(H,30,31). The highest BCUT2D eigenvalue weighted by Crippen LogP contribution is 2.34. The number of carbonyl (C=O) groups excluding carboxylic acids is 6. The first-order valence-electron chi connectivity index (χ1n) is 34.3. The molecule has 0 unspecified atom stereocenters. The summed E-state index contributed by atoms with van der Waals surface area (Å²) in [6, 6.07) is 64.0. The van der Waals surface area contributed by atoms with E-state index in [2.05, 4.69) is 61.8 Å². The van der Waals surface area contributed by atoms with Crippen molar-refractivity contribution < 1.29 is 65.0 Å². The molecule has 0 bridgehead atoms. The minimum atomic E-state index is -4.50. The molecule has 15 aromatic rings. The van der Waals surface area contributed by atoms with E-state index in [1.54, 1.807) is 133 Å². The Kier molecular flexibility index (Phi) is 23.7. The van der Waals surface area contributed by atoms with Crippen LogP contribution in [0.3, 0.4) is 0 Å². The van der Waals surface area contributed by atoms with Crippen LogP contribution in [0, 0.1) is 20.2 Å². The first-order valence-corrected chi connectivity index (χ1v) is 35.8. The van der Waals surface area contributed by atoms with Crippen LogP contribution in [-0.4, -0.2) is 75.2 Å². The maximum Gasteiger partial charge on any atom is 0.416 e. The first kappa shape index (κ1) is 80.5. The highest BCUT2D eigenvalue weighted by Gasteiger charge is 2.32. The fraction of sp³-hybridized carbons (Fsp3) is 0.0241. The second kappa shape index (κ2) is 34.4. The number of nitro benzene ring substituents is 2. The summed E-state index contributed by atoms with van der Waals surface area (Å²) >= 11 is 23.9. The van der Waals surface area contributed by atoms with Crippen molar-refractivity contribution in [3.8, 4) is 34.2 Å². The summed E-state index contributed by atoms with van der Waals surface area (Å²) in [4.78, 5) is 119. The molecular weight excluding hydrogens is 1610 g/mol. The van der Waals surface area contributed by atoms with Crippen molar-refractivity contribution in [3.05, 3.63) is 346 Å². The first-order chi connectivity index (χ1) is 55.9. The molecule has 34 heteroatoms. The average molecular weight is 1660 g/mol. The molecule has 0 fully saturated rings. The second-order valence-electron chi connectivity index (χ2n) is 25.4. The van der Waals surface area contributed by atoms with Crippen LogP contribution < -0.4 is 31.9 Å². The zero-order valence-electron chi connectivity index (χ0n) is 59.4. The van der Waals surface area contributed by atoms with Crippen molar-refractivity contribution in [2.45, 2.75) is 12.4 Å². The molecule has 24 nitrogen and oxygen atoms in total. The van der Waals surface area contributed by atoms with Gasteiger partial charge in [-0.15, -0.1) is 0 Å². The van der Waals surface area contributed by atoms with Gasteiger partial charge in [-0.05, 0) is 237 Å². The number of amides is 6. The number of nitrogens with zero attached hydrogens (tertiary/aromatic N) is 5. The SMILES string of the molecule is O=C(Nc1ccc(-c2nc3ccc(NC(=O)c4ccc(C(F)(F)F)cc4)cc3[nH]2)cc1)c1ccc(C(F)(F)F)cc1.O=C(Nc1ccc(-c2nc3ccc(NC(=O)c4ccc(Cl)c(Cl)c4)cc3[nH]2)cc1)c1ccc(Cl)c(Cl)c1.O=C(Nc1ccc(-c2nc3ccc(NC(=O)c4ccc([N+](=O)[O-])cc4)cc3[nH]2)cc1)c1ccc([N+](=O)[O-])cc1. The number of anilines is 6. The zero-order valence-corrected chi connectivity index (χ0v) is 62.4. The molecule has 0 radical (unpaired) electrons. The number of non-ortho nitro benzene ring substituents is 2. The third kappa shape index (κ3) is 19.9. The van der Waals surface area contributed by atoms with Crippen molar-refractivity contribution >= 4 is 160 Å². The van der Waals surface area contributed by atoms with Crippen LogP contribution in [0.5, 0.6) is 0 Å². The van der Waals surface area contributed by atoms with Gasteiger partial charge >= 0.3 is 12.4 Å². The van der Waals surface area contributed by atoms with Crippen molar-refractivity contribution in [1.29, 1.82) is 0 Å². The number of nitrogens with one attached hydrogen (secondary N) is 9. The Balaban J connectivity index is 0.000000153. The van der Waals surface area contributed by atoms with E-state index in [0.29, 0.717) is 116 Å². The molecule has 0 saturated heterocycles. The average Bonchev–Trinajstić information content (AvgIpc) is 1.68. The fourth-order valence-corrected chi connectivity index (χ4v) is 12.0. The number of hydrogen-bond donors (Lipinski definition) is 9. The van der Waals surface area contributed by atoms with Crippen LogP contribution in [-0.2, 0) is 12.4 Å². The lowest BCUT2D eigenvalue weighted by Crippen LogP contribution is -2.12. The van der Waals surface area contributed by atoms with E-state index in [9.17, 15) is 75.3 Å². The van der Waals surface area contributed by atoms with Gasteiger partial charge in [-0.2, -0.15) is 26.3 Å². The molecule has 3 heterocycles. The Bertz CT molecular complexity index is 6360. The Labute approximate surface area is 675 Å². The largest absolute Gasteiger partial charge is 0.416 e. The molecule has 0 aliphatic heterocycles. The highest BCUT2D eigenvalue weighted by atomic mass is 35.5. The minimum Gasteiger partial charge on any atom is -0.338 e. The van der Waals surface area contributed by atoms with Crippen molar-refractivity contribution in [1.82, 2.24) is 29.9 Å². The topological polar surface area (TPSA) is 347 Å². The second-order valence-corrected chi connectivity index (χ2v) is 27.1. The van der Waals surface area contributed by atoms with E-state index in [4.69, 9.17) is 46.4 Å². The maximum absolute atomic E-state index is 12.8. The number of aromatic amines is 3. The van der Waals surface area contributed by atoms with Crippen LogP contribution in [0.15, 0.2) is 261 Å². The molecule has 0 aliphatic carbocycles. The monoisotopic (exact) mass is 1660 g/mol. The van der Waals surface area contributed by atoms with Gasteiger partial charge in [0, 0.05) is 108 Å². The van der Waals surface area contributed by atoms with Crippen molar-refractivity contribution in [2.24, 2.45) is 0 Å². The summed E-state index contributed by atoms with van der Waals surface area (Å²) in [5, 5.41) is 39.4. The third-order valence-electron chi connectivity index (χ3n) is 17.5. The number of fused-ring (bicyclic) bond motifs is 3. The van der Waals surface area contributed by atoms with E-state index >= 15 is 0 Å². The molecular formula is C83H52Cl4F6N14O10. The van der Waals surface area contributed by atoms with Gasteiger partial charge in [-0.25, -0.2) is 15.0 Å². The normalized spacial score (nSPS) is 11.2. The van der Waals surface area contributed by atoms with Crippen molar-refractivity contribution in [3.63, 3.8) is 0 Å². The number of H-pyrrole nitrogens is 3. The van der Waals surface area contributed by atoms with Crippen LogP contribution in [0.2, 0.25) is 20.1 Å². The van der Waals surface area contributed by atoms with Gasteiger partial charge in [-0.1, -0.05) is 46.4 Å². The predicted octanol–water partition coefficient (Wildman–Crippen LogP) is 21.7. The van der Waals surface area contributed by atoms with Gasteiger partial charge in [0.1, 0.15) is 17.5 Å². The lowest BCUT2D eigenvalue weighted by molar-refractivity contribution is -0.385. The highest BCUT2D eigenvalue weighted by molar-refractivity contribution is 6.43. The summed E-state index contributed by atoms with van der Waals surface area (Å²) in [6.07, 6.45) is -8.99. The number of halogens is 10.